The Balaban J connectivity index is 2.45. The van der Waals surface area contributed by atoms with Crippen LogP contribution in [-0.2, 0) is 19.1 Å². The van der Waals surface area contributed by atoms with E-state index in [-0.39, 0.29) is 24.0 Å². The molecule has 5 nitrogen and oxygen atoms in total. The van der Waals surface area contributed by atoms with E-state index >= 15 is 0 Å². The molecule has 0 radical (unpaired) electrons. The lowest BCUT2D eigenvalue weighted by molar-refractivity contribution is -0.142. The molecular weight excluding hydrogens is 234 g/mol. The molecule has 2 N–H and O–H groups in total. The SMILES string of the molecule is CCC1OC(C)=C(OC(=O)CCCC(C)N)C1=O. The second kappa shape index (κ2) is 6.54. The number of nitrogens with two attached hydrogens (primary N) is 1. The summed E-state index contributed by atoms with van der Waals surface area (Å²) in [6.45, 7) is 5.37. The predicted octanol–water partition coefficient (Wildman–Crippen LogP) is 1.66. The van der Waals surface area contributed by atoms with E-state index in [0.29, 0.717) is 18.6 Å². The van der Waals surface area contributed by atoms with Crippen molar-refractivity contribution in [2.75, 3.05) is 0 Å². The Bertz CT molecular complexity index is 360. The zero-order valence-electron chi connectivity index (χ0n) is 11.2. The van der Waals surface area contributed by atoms with Gasteiger partial charge in [-0.2, -0.15) is 0 Å². The lowest BCUT2D eigenvalue weighted by Gasteiger charge is -2.06. The maximum absolute atomic E-state index is 11.8. The molecule has 1 aliphatic rings. The quantitative estimate of drug-likeness (QED) is 0.730. The molecule has 1 rings (SSSR count). The molecule has 0 aliphatic carbocycles. The van der Waals surface area contributed by atoms with Crippen LogP contribution in [0.25, 0.3) is 0 Å². The summed E-state index contributed by atoms with van der Waals surface area (Å²) in [4.78, 5) is 23.3. The molecule has 2 atom stereocenters. The van der Waals surface area contributed by atoms with Gasteiger partial charge in [-0.25, -0.2) is 0 Å². The highest BCUT2D eigenvalue weighted by molar-refractivity contribution is 6.01. The van der Waals surface area contributed by atoms with E-state index in [4.69, 9.17) is 15.2 Å². The summed E-state index contributed by atoms with van der Waals surface area (Å²) >= 11 is 0. The minimum absolute atomic E-state index is 0.0626. The number of ketones is 1. The van der Waals surface area contributed by atoms with Gasteiger partial charge in [0.15, 0.2) is 6.10 Å². The van der Waals surface area contributed by atoms with Crippen molar-refractivity contribution in [2.45, 2.75) is 58.6 Å². The zero-order chi connectivity index (χ0) is 13.7. The Morgan fingerprint density at radius 2 is 2.22 bits per heavy atom. The molecular formula is C13H21NO4. The van der Waals surface area contributed by atoms with Crippen molar-refractivity contribution < 1.29 is 19.1 Å². The Morgan fingerprint density at radius 1 is 1.56 bits per heavy atom. The molecule has 0 aromatic carbocycles. The number of ether oxygens (including phenoxy) is 2. The standard InChI is InChI=1S/C13H21NO4/c1-4-10-12(16)13(9(3)17-10)18-11(15)7-5-6-8(2)14/h8,10H,4-7,14H2,1-3H3. The minimum atomic E-state index is -0.503. The van der Waals surface area contributed by atoms with Crippen molar-refractivity contribution in [1.29, 1.82) is 0 Å². The Hall–Kier alpha value is -1.36. The van der Waals surface area contributed by atoms with Gasteiger partial charge >= 0.3 is 5.97 Å². The van der Waals surface area contributed by atoms with Crippen LogP contribution in [0.2, 0.25) is 0 Å². The van der Waals surface area contributed by atoms with Gasteiger partial charge in [-0.3, -0.25) is 9.59 Å². The van der Waals surface area contributed by atoms with E-state index < -0.39 is 12.1 Å². The fourth-order valence-corrected chi connectivity index (χ4v) is 1.76. The molecule has 0 amide bonds. The van der Waals surface area contributed by atoms with Gasteiger partial charge in [-0.15, -0.1) is 0 Å². The van der Waals surface area contributed by atoms with E-state index in [2.05, 4.69) is 0 Å². The summed E-state index contributed by atoms with van der Waals surface area (Å²) in [5.41, 5.74) is 5.59. The molecule has 0 bridgehead atoms. The second-order valence-electron chi connectivity index (χ2n) is 4.61. The normalized spacial score (nSPS) is 20.9. The average Bonchev–Trinajstić information content (AvgIpc) is 2.56. The van der Waals surface area contributed by atoms with Crippen molar-refractivity contribution in [3.63, 3.8) is 0 Å². The first kappa shape index (κ1) is 14.7. The third kappa shape index (κ3) is 3.84. The summed E-state index contributed by atoms with van der Waals surface area (Å²) in [6, 6.07) is 0.0691. The fourth-order valence-electron chi connectivity index (χ4n) is 1.76. The number of carbonyl (C=O) groups is 2. The fraction of sp³-hybridized carbons (Fsp3) is 0.692. The van der Waals surface area contributed by atoms with Gasteiger partial charge in [0, 0.05) is 12.5 Å². The second-order valence-corrected chi connectivity index (χ2v) is 4.61. The molecule has 1 heterocycles. The average molecular weight is 255 g/mol. The van der Waals surface area contributed by atoms with E-state index in [1.807, 2.05) is 13.8 Å². The van der Waals surface area contributed by atoms with Crippen LogP contribution in [0.1, 0.15) is 46.5 Å². The van der Waals surface area contributed by atoms with Crippen molar-refractivity contribution in [2.24, 2.45) is 5.73 Å². The van der Waals surface area contributed by atoms with E-state index in [9.17, 15) is 9.59 Å². The van der Waals surface area contributed by atoms with Gasteiger partial charge in [0.05, 0.1) is 0 Å². The first-order chi connectivity index (χ1) is 8.45. The van der Waals surface area contributed by atoms with Gasteiger partial charge in [0.1, 0.15) is 5.76 Å². The first-order valence-electron chi connectivity index (χ1n) is 6.33. The van der Waals surface area contributed by atoms with Crippen LogP contribution in [0.15, 0.2) is 11.5 Å². The monoisotopic (exact) mass is 255 g/mol. The molecule has 0 saturated carbocycles. The van der Waals surface area contributed by atoms with E-state index in [1.165, 1.54) is 0 Å². The minimum Gasteiger partial charge on any atom is -0.483 e. The van der Waals surface area contributed by atoms with Gasteiger partial charge < -0.3 is 15.2 Å². The van der Waals surface area contributed by atoms with Gasteiger partial charge in [-0.1, -0.05) is 6.92 Å². The summed E-state index contributed by atoms with van der Waals surface area (Å²) in [5, 5.41) is 0. The molecule has 18 heavy (non-hydrogen) atoms. The first-order valence-corrected chi connectivity index (χ1v) is 6.33. The van der Waals surface area contributed by atoms with Crippen LogP contribution in [0.4, 0.5) is 0 Å². The summed E-state index contributed by atoms with van der Waals surface area (Å²) in [7, 11) is 0. The molecule has 0 fully saturated rings. The molecule has 0 aromatic rings. The Kier molecular flexibility index (Phi) is 5.34. The molecule has 5 heteroatoms. The maximum atomic E-state index is 11.8. The Morgan fingerprint density at radius 3 is 2.72 bits per heavy atom. The highest BCUT2D eigenvalue weighted by Gasteiger charge is 2.34. The molecule has 102 valence electrons. The third-order valence-corrected chi connectivity index (χ3v) is 2.78. The van der Waals surface area contributed by atoms with Crippen LogP contribution in [-0.4, -0.2) is 23.9 Å². The number of hydrogen-bond acceptors (Lipinski definition) is 5. The number of Topliss-reactive ketones (excluding diaryl/α,β-unsaturated/α-hetero) is 1. The number of allylic oxidation sites excluding steroid dienone is 1. The van der Waals surface area contributed by atoms with Gasteiger partial charge in [-0.05, 0) is 33.1 Å². The summed E-state index contributed by atoms with van der Waals surface area (Å²) < 4.78 is 10.4. The van der Waals surface area contributed by atoms with Crippen molar-refractivity contribution in [1.82, 2.24) is 0 Å². The predicted molar refractivity (Wildman–Crippen MR) is 66.5 cm³/mol. The number of esters is 1. The highest BCUT2D eigenvalue weighted by Crippen LogP contribution is 2.24. The van der Waals surface area contributed by atoms with Crippen LogP contribution < -0.4 is 5.73 Å². The Labute approximate surface area is 107 Å². The zero-order valence-corrected chi connectivity index (χ0v) is 11.2. The van der Waals surface area contributed by atoms with E-state index in [1.54, 1.807) is 6.92 Å². The van der Waals surface area contributed by atoms with Crippen LogP contribution in [0.5, 0.6) is 0 Å². The van der Waals surface area contributed by atoms with Gasteiger partial charge in [0.2, 0.25) is 11.5 Å². The number of rotatable bonds is 6. The highest BCUT2D eigenvalue weighted by atomic mass is 16.6. The molecule has 0 saturated heterocycles. The topological polar surface area (TPSA) is 78.6 Å². The van der Waals surface area contributed by atoms with E-state index in [0.717, 1.165) is 6.42 Å². The van der Waals surface area contributed by atoms with Crippen molar-refractivity contribution >= 4 is 11.8 Å². The molecule has 2 unspecified atom stereocenters. The van der Waals surface area contributed by atoms with Crippen molar-refractivity contribution in [3.05, 3.63) is 11.5 Å². The molecule has 1 aliphatic heterocycles. The smallest absolute Gasteiger partial charge is 0.311 e. The lowest BCUT2D eigenvalue weighted by Crippen LogP contribution is -2.20. The maximum Gasteiger partial charge on any atom is 0.311 e. The summed E-state index contributed by atoms with van der Waals surface area (Å²) in [6.07, 6.45) is 1.76. The number of hydrogen-bond donors (Lipinski definition) is 1. The number of carbonyl (C=O) groups excluding carboxylic acids is 2. The van der Waals surface area contributed by atoms with Crippen molar-refractivity contribution in [3.8, 4) is 0 Å². The summed E-state index contributed by atoms with van der Waals surface area (Å²) in [5.74, 6) is -0.186. The molecule has 0 spiro atoms. The van der Waals surface area contributed by atoms with Crippen LogP contribution in [0, 0.1) is 0 Å². The van der Waals surface area contributed by atoms with Crippen LogP contribution in [0.3, 0.4) is 0 Å². The molecule has 0 aromatic heterocycles. The largest absolute Gasteiger partial charge is 0.483 e. The van der Waals surface area contributed by atoms with Gasteiger partial charge in [0.25, 0.3) is 0 Å². The lowest BCUT2D eigenvalue weighted by atomic mass is 10.1. The van der Waals surface area contributed by atoms with Crippen LogP contribution >= 0.6 is 0 Å². The third-order valence-electron chi connectivity index (χ3n) is 2.78.